The quantitative estimate of drug-likeness (QED) is 0.603. The molecule has 0 aromatic heterocycles. The molecule has 0 spiro atoms. The maximum Gasteiger partial charge on any atom is 0.0192 e. The lowest BCUT2D eigenvalue weighted by molar-refractivity contribution is 0.463. The molecule has 1 atom stereocenters. The molecular weight excluding hydrogens is 208 g/mol. The highest BCUT2D eigenvalue weighted by molar-refractivity contribution is 4.72. The van der Waals surface area contributed by atoms with Crippen LogP contribution in [0, 0.1) is 0 Å². The van der Waals surface area contributed by atoms with Crippen molar-refractivity contribution in [2.45, 2.75) is 77.2 Å². The number of hydrogen-bond acceptors (Lipinski definition) is 2. The molecule has 2 nitrogen and oxygen atoms in total. The number of rotatable bonds is 9. The topological polar surface area (TPSA) is 24.1 Å². The summed E-state index contributed by atoms with van der Waals surface area (Å²) in [7, 11) is 0. The smallest absolute Gasteiger partial charge is 0.0192 e. The van der Waals surface area contributed by atoms with E-state index >= 15 is 0 Å². The highest BCUT2D eigenvalue weighted by Gasteiger charge is 2.09. The summed E-state index contributed by atoms with van der Waals surface area (Å²) in [4.78, 5) is 0. The van der Waals surface area contributed by atoms with Gasteiger partial charge in [-0.15, -0.1) is 0 Å². The molecule has 1 aliphatic heterocycles. The molecule has 0 aromatic carbocycles. The molecule has 0 amide bonds. The second-order valence-corrected chi connectivity index (χ2v) is 5.47. The molecule has 1 fully saturated rings. The fourth-order valence-corrected chi connectivity index (χ4v) is 2.58. The van der Waals surface area contributed by atoms with Crippen LogP contribution in [0.3, 0.4) is 0 Å². The van der Waals surface area contributed by atoms with Gasteiger partial charge in [-0.25, -0.2) is 0 Å². The van der Waals surface area contributed by atoms with Crippen molar-refractivity contribution in [3.63, 3.8) is 0 Å². The molecule has 2 heteroatoms. The van der Waals surface area contributed by atoms with Crippen LogP contribution in [0.15, 0.2) is 0 Å². The van der Waals surface area contributed by atoms with Gasteiger partial charge in [0.15, 0.2) is 0 Å². The SMILES string of the molecule is CCCCCCCCNCC1CCCCCN1. The molecule has 0 aliphatic carbocycles. The molecule has 1 aliphatic rings. The summed E-state index contributed by atoms with van der Waals surface area (Å²) < 4.78 is 0. The van der Waals surface area contributed by atoms with E-state index in [1.165, 1.54) is 83.8 Å². The predicted molar refractivity (Wildman–Crippen MR) is 76.5 cm³/mol. The van der Waals surface area contributed by atoms with E-state index in [2.05, 4.69) is 17.6 Å². The van der Waals surface area contributed by atoms with E-state index in [4.69, 9.17) is 0 Å². The van der Waals surface area contributed by atoms with Gasteiger partial charge in [0.2, 0.25) is 0 Å². The molecule has 0 radical (unpaired) electrons. The second kappa shape index (κ2) is 11.0. The highest BCUT2D eigenvalue weighted by atomic mass is 15.0. The summed E-state index contributed by atoms with van der Waals surface area (Å²) in [6, 6.07) is 0.734. The van der Waals surface area contributed by atoms with Gasteiger partial charge in [-0.3, -0.25) is 0 Å². The summed E-state index contributed by atoms with van der Waals surface area (Å²) in [5.41, 5.74) is 0. The molecule has 102 valence electrons. The standard InChI is InChI=1S/C15H32N2/c1-2-3-4-5-6-9-12-16-14-15-11-8-7-10-13-17-15/h15-17H,2-14H2,1H3. The maximum absolute atomic E-state index is 3.64. The van der Waals surface area contributed by atoms with E-state index in [1.54, 1.807) is 0 Å². The normalized spacial score (nSPS) is 21.4. The lowest BCUT2D eigenvalue weighted by Crippen LogP contribution is -2.38. The van der Waals surface area contributed by atoms with E-state index in [1.807, 2.05) is 0 Å². The maximum atomic E-state index is 3.64. The van der Waals surface area contributed by atoms with Crippen molar-refractivity contribution in [3.05, 3.63) is 0 Å². The van der Waals surface area contributed by atoms with Crippen molar-refractivity contribution in [3.8, 4) is 0 Å². The number of hydrogen-bond donors (Lipinski definition) is 2. The van der Waals surface area contributed by atoms with Gasteiger partial charge in [0.1, 0.15) is 0 Å². The Labute approximate surface area is 108 Å². The van der Waals surface area contributed by atoms with Gasteiger partial charge in [-0.05, 0) is 32.4 Å². The minimum absolute atomic E-state index is 0.734. The van der Waals surface area contributed by atoms with Crippen LogP contribution < -0.4 is 10.6 Å². The molecule has 1 unspecified atom stereocenters. The van der Waals surface area contributed by atoms with E-state index in [9.17, 15) is 0 Å². The molecule has 0 bridgehead atoms. The first kappa shape index (κ1) is 15.0. The molecular formula is C15H32N2. The van der Waals surface area contributed by atoms with Crippen LogP contribution in [-0.4, -0.2) is 25.7 Å². The Morgan fingerprint density at radius 3 is 2.71 bits per heavy atom. The summed E-state index contributed by atoms with van der Waals surface area (Å²) in [5.74, 6) is 0. The average Bonchev–Trinajstić information content (AvgIpc) is 2.61. The third kappa shape index (κ3) is 8.62. The van der Waals surface area contributed by atoms with Gasteiger partial charge in [0.25, 0.3) is 0 Å². The highest BCUT2D eigenvalue weighted by Crippen LogP contribution is 2.08. The zero-order valence-electron chi connectivity index (χ0n) is 11.8. The Balaban J connectivity index is 1.82. The Bertz CT molecular complexity index is 151. The fraction of sp³-hybridized carbons (Fsp3) is 1.00. The first-order chi connectivity index (χ1) is 8.43. The van der Waals surface area contributed by atoms with Gasteiger partial charge < -0.3 is 10.6 Å². The van der Waals surface area contributed by atoms with Crippen LogP contribution in [-0.2, 0) is 0 Å². The lowest BCUT2D eigenvalue weighted by Gasteiger charge is -2.16. The van der Waals surface area contributed by atoms with E-state index in [-0.39, 0.29) is 0 Å². The second-order valence-electron chi connectivity index (χ2n) is 5.47. The Kier molecular flexibility index (Phi) is 9.72. The Morgan fingerprint density at radius 2 is 1.82 bits per heavy atom. The third-order valence-electron chi connectivity index (χ3n) is 3.76. The van der Waals surface area contributed by atoms with E-state index < -0.39 is 0 Å². The monoisotopic (exact) mass is 240 g/mol. The molecule has 17 heavy (non-hydrogen) atoms. The van der Waals surface area contributed by atoms with Crippen LogP contribution >= 0.6 is 0 Å². The average molecular weight is 240 g/mol. The minimum atomic E-state index is 0.734. The van der Waals surface area contributed by atoms with Crippen molar-refractivity contribution in [1.29, 1.82) is 0 Å². The molecule has 0 saturated carbocycles. The minimum Gasteiger partial charge on any atom is -0.315 e. The molecule has 1 saturated heterocycles. The first-order valence-electron chi connectivity index (χ1n) is 7.87. The van der Waals surface area contributed by atoms with Gasteiger partial charge in [0.05, 0.1) is 0 Å². The molecule has 2 N–H and O–H groups in total. The lowest BCUT2D eigenvalue weighted by atomic mass is 10.1. The predicted octanol–water partition coefficient (Wildman–Crippen LogP) is 3.47. The first-order valence-corrected chi connectivity index (χ1v) is 7.87. The summed E-state index contributed by atoms with van der Waals surface area (Å²) >= 11 is 0. The van der Waals surface area contributed by atoms with Crippen LogP contribution in [0.5, 0.6) is 0 Å². The van der Waals surface area contributed by atoms with Crippen molar-refractivity contribution >= 4 is 0 Å². The largest absolute Gasteiger partial charge is 0.315 e. The van der Waals surface area contributed by atoms with Crippen molar-refractivity contribution in [1.82, 2.24) is 10.6 Å². The Hall–Kier alpha value is -0.0800. The number of unbranched alkanes of at least 4 members (excludes halogenated alkanes) is 5. The van der Waals surface area contributed by atoms with Crippen LogP contribution in [0.4, 0.5) is 0 Å². The zero-order chi connectivity index (χ0) is 12.2. The zero-order valence-corrected chi connectivity index (χ0v) is 11.8. The van der Waals surface area contributed by atoms with Gasteiger partial charge in [0, 0.05) is 12.6 Å². The van der Waals surface area contributed by atoms with E-state index in [0.717, 1.165) is 6.04 Å². The summed E-state index contributed by atoms with van der Waals surface area (Å²) in [5, 5.41) is 7.25. The molecule has 1 rings (SSSR count). The van der Waals surface area contributed by atoms with Crippen molar-refractivity contribution in [2.75, 3.05) is 19.6 Å². The van der Waals surface area contributed by atoms with Crippen molar-refractivity contribution in [2.24, 2.45) is 0 Å². The summed E-state index contributed by atoms with van der Waals surface area (Å²) in [6.07, 6.45) is 14.0. The third-order valence-corrected chi connectivity index (χ3v) is 3.76. The van der Waals surface area contributed by atoms with Gasteiger partial charge >= 0.3 is 0 Å². The van der Waals surface area contributed by atoms with Crippen LogP contribution in [0.25, 0.3) is 0 Å². The van der Waals surface area contributed by atoms with Crippen molar-refractivity contribution < 1.29 is 0 Å². The van der Waals surface area contributed by atoms with E-state index in [0.29, 0.717) is 0 Å². The fourth-order valence-electron chi connectivity index (χ4n) is 2.58. The summed E-state index contributed by atoms with van der Waals surface area (Å²) in [6.45, 7) is 5.89. The molecule has 0 aromatic rings. The van der Waals surface area contributed by atoms with Gasteiger partial charge in [-0.2, -0.15) is 0 Å². The van der Waals surface area contributed by atoms with Crippen LogP contribution in [0.2, 0.25) is 0 Å². The van der Waals surface area contributed by atoms with Crippen LogP contribution in [0.1, 0.15) is 71.1 Å². The Morgan fingerprint density at radius 1 is 1.00 bits per heavy atom. The molecule has 1 heterocycles. The number of nitrogens with one attached hydrogen (secondary N) is 2. The van der Waals surface area contributed by atoms with Gasteiger partial charge in [-0.1, -0.05) is 51.9 Å².